The van der Waals surface area contributed by atoms with E-state index < -0.39 is 0 Å². The first-order valence-corrected chi connectivity index (χ1v) is 5.61. The molecule has 0 bridgehead atoms. The second kappa shape index (κ2) is 5.38. The molecule has 0 aliphatic heterocycles. The fraction of sp³-hybridized carbons (Fsp3) is 0.917. The zero-order valence-electron chi connectivity index (χ0n) is 10.6. The van der Waals surface area contributed by atoms with Crippen molar-refractivity contribution in [3.05, 3.63) is 0 Å². The number of nitrogens with two attached hydrogens (primary N) is 1. The second-order valence-corrected chi connectivity index (χ2v) is 5.36. The van der Waals surface area contributed by atoms with Gasteiger partial charge in [-0.05, 0) is 19.3 Å². The molecule has 2 heteroatoms. The van der Waals surface area contributed by atoms with Crippen LogP contribution in [0.1, 0.15) is 54.4 Å². The number of hydrogen-bond acceptors (Lipinski definition) is 1. The van der Waals surface area contributed by atoms with Gasteiger partial charge >= 0.3 is 0 Å². The third kappa shape index (κ3) is 5.25. The molecule has 0 rings (SSSR count). The molecule has 0 radical (unpaired) electrons. The second-order valence-electron chi connectivity index (χ2n) is 5.36. The smallest absolute Gasteiger partial charge is 0.0994 e. The average Bonchev–Trinajstić information content (AvgIpc) is 2.02. The molecule has 2 N–H and O–H groups in total. The zero-order valence-corrected chi connectivity index (χ0v) is 10.6. The lowest BCUT2D eigenvalue weighted by Crippen LogP contribution is -2.30. The molecule has 84 valence electrons. The van der Waals surface area contributed by atoms with Crippen LogP contribution >= 0.6 is 0 Å². The summed E-state index contributed by atoms with van der Waals surface area (Å²) < 4.78 is 0. The van der Waals surface area contributed by atoms with Crippen LogP contribution in [0, 0.1) is 11.3 Å². The number of aliphatic imine (C=N–C) groups is 1. The van der Waals surface area contributed by atoms with Crippen molar-refractivity contribution in [2.24, 2.45) is 22.1 Å². The summed E-state index contributed by atoms with van der Waals surface area (Å²) in [7, 11) is 0. The van der Waals surface area contributed by atoms with Crippen molar-refractivity contribution in [1.29, 1.82) is 0 Å². The molecular weight excluding hydrogens is 172 g/mol. The summed E-state index contributed by atoms with van der Waals surface area (Å²) in [6.45, 7) is 12.9. The molecule has 0 fully saturated rings. The van der Waals surface area contributed by atoms with Crippen LogP contribution in [0.25, 0.3) is 0 Å². The van der Waals surface area contributed by atoms with Crippen LogP contribution in [0.4, 0.5) is 0 Å². The number of amidine groups is 1. The minimum Gasteiger partial charge on any atom is -0.387 e. The minimum atomic E-state index is 0.00368. The van der Waals surface area contributed by atoms with Gasteiger partial charge in [-0.15, -0.1) is 0 Å². The van der Waals surface area contributed by atoms with Gasteiger partial charge < -0.3 is 5.73 Å². The third-order valence-electron chi connectivity index (χ3n) is 2.57. The van der Waals surface area contributed by atoms with Gasteiger partial charge in [-0.3, -0.25) is 4.99 Å². The van der Waals surface area contributed by atoms with Crippen molar-refractivity contribution in [2.75, 3.05) is 0 Å². The van der Waals surface area contributed by atoms with Crippen LogP contribution in [0.5, 0.6) is 0 Å². The monoisotopic (exact) mass is 198 g/mol. The highest BCUT2D eigenvalue weighted by molar-refractivity contribution is 5.85. The maximum Gasteiger partial charge on any atom is 0.0994 e. The van der Waals surface area contributed by atoms with Crippen molar-refractivity contribution in [1.82, 2.24) is 0 Å². The molecule has 0 heterocycles. The molecule has 2 atom stereocenters. The van der Waals surface area contributed by atoms with E-state index in [1.165, 1.54) is 6.42 Å². The average molecular weight is 198 g/mol. The molecule has 2 unspecified atom stereocenters. The molecule has 0 amide bonds. The van der Waals surface area contributed by atoms with E-state index in [2.05, 4.69) is 46.5 Å². The summed E-state index contributed by atoms with van der Waals surface area (Å²) >= 11 is 0. The normalized spacial score (nSPS) is 18.0. The first-order valence-electron chi connectivity index (χ1n) is 5.61. The van der Waals surface area contributed by atoms with Crippen molar-refractivity contribution < 1.29 is 0 Å². The van der Waals surface area contributed by atoms with E-state index in [0.717, 1.165) is 18.2 Å². The van der Waals surface area contributed by atoms with Crippen molar-refractivity contribution in [3.8, 4) is 0 Å². The Hall–Kier alpha value is -0.530. The molecule has 0 saturated heterocycles. The lowest BCUT2D eigenvalue weighted by molar-refractivity contribution is 0.465. The number of hydrogen-bond donors (Lipinski definition) is 1. The van der Waals surface area contributed by atoms with Crippen molar-refractivity contribution in [3.63, 3.8) is 0 Å². The highest BCUT2D eigenvalue weighted by atomic mass is 14.9. The third-order valence-corrected chi connectivity index (χ3v) is 2.57. The Kier molecular flexibility index (Phi) is 5.17. The van der Waals surface area contributed by atoms with Gasteiger partial charge in [0, 0.05) is 11.5 Å². The topological polar surface area (TPSA) is 38.4 Å². The van der Waals surface area contributed by atoms with Crippen LogP contribution < -0.4 is 5.73 Å². The molecule has 0 aromatic carbocycles. The maximum absolute atomic E-state index is 5.92. The Bertz CT molecular complexity index is 189. The summed E-state index contributed by atoms with van der Waals surface area (Å²) in [6, 6.07) is 0.351. The summed E-state index contributed by atoms with van der Waals surface area (Å²) in [5.41, 5.74) is 5.92. The molecule has 0 spiro atoms. The summed E-state index contributed by atoms with van der Waals surface area (Å²) in [5, 5.41) is 0. The lowest BCUT2D eigenvalue weighted by atomic mass is 9.94. The van der Waals surface area contributed by atoms with Gasteiger partial charge in [0.15, 0.2) is 0 Å². The molecule has 0 aliphatic rings. The quantitative estimate of drug-likeness (QED) is 0.546. The van der Waals surface area contributed by atoms with Crippen molar-refractivity contribution >= 4 is 5.84 Å². The Morgan fingerprint density at radius 2 is 1.79 bits per heavy atom. The van der Waals surface area contributed by atoms with Crippen LogP contribution in [0.15, 0.2) is 4.99 Å². The van der Waals surface area contributed by atoms with Gasteiger partial charge in [-0.1, -0.05) is 41.0 Å². The standard InChI is InChI=1S/C12H26N2/c1-7-9(2)8-10(3)14-11(13)12(4,5)6/h9-10H,7-8H2,1-6H3,(H2,13,14). The van der Waals surface area contributed by atoms with Gasteiger partial charge in [0.25, 0.3) is 0 Å². The molecule has 0 aromatic heterocycles. The predicted octanol–water partition coefficient (Wildman–Crippen LogP) is 3.21. The summed E-state index contributed by atoms with van der Waals surface area (Å²) in [6.07, 6.45) is 2.35. The highest BCUT2D eigenvalue weighted by Crippen LogP contribution is 2.16. The van der Waals surface area contributed by atoms with Gasteiger partial charge in [0.1, 0.15) is 0 Å². The minimum absolute atomic E-state index is 0.00368. The number of nitrogens with zero attached hydrogens (tertiary/aromatic N) is 1. The first-order chi connectivity index (χ1) is 6.27. The predicted molar refractivity (Wildman–Crippen MR) is 64.6 cm³/mol. The summed E-state index contributed by atoms with van der Waals surface area (Å²) in [5.74, 6) is 1.51. The van der Waals surface area contributed by atoms with Gasteiger partial charge in [0.2, 0.25) is 0 Å². The highest BCUT2D eigenvalue weighted by Gasteiger charge is 2.16. The Balaban J connectivity index is 4.22. The van der Waals surface area contributed by atoms with E-state index in [4.69, 9.17) is 5.73 Å². The van der Waals surface area contributed by atoms with E-state index >= 15 is 0 Å². The fourth-order valence-corrected chi connectivity index (χ4v) is 1.23. The fourth-order valence-electron chi connectivity index (χ4n) is 1.23. The number of rotatable bonds is 4. The largest absolute Gasteiger partial charge is 0.387 e. The zero-order chi connectivity index (χ0) is 11.4. The van der Waals surface area contributed by atoms with Crippen LogP contribution in [0.2, 0.25) is 0 Å². The maximum atomic E-state index is 5.92. The van der Waals surface area contributed by atoms with E-state index in [1.54, 1.807) is 0 Å². The molecular formula is C12H26N2. The van der Waals surface area contributed by atoms with E-state index in [1.807, 2.05) is 0 Å². The van der Waals surface area contributed by atoms with Gasteiger partial charge in [-0.25, -0.2) is 0 Å². The van der Waals surface area contributed by atoms with Gasteiger partial charge in [0.05, 0.1) is 5.84 Å². The molecule has 14 heavy (non-hydrogen) atoms. The molecule has 2 nitrogen and oxygen atoms in total. The molecule has 0 aliphatic carbocycles. The Morgan fingerprint density at radius 1 is 1.29 bits per heavy atom. The van der Waals surface area contributed by atoms with Crippen LogP contribution in [-0.2, 0) is 0 Å². The van der Waals surface area contributed by atoms with E-state index in [9.17, 15) is 0 Å². The Labute approximate surface area is 89.0 Å². The van der Waals surface area contributed by atoms with Crippen LogP contribution in [0.3, 0.4) is 0 Å². The molecule has 0 aromatic rings. The Morgan fingerprint density at radius 3 is 2.14 bits per heavy atom. The van der Waals surface area contributed by atoms with Crippen molar-refractivity contribution in [2.45, 2.75) is 60.4 Å². The van der Waals surface area contributed by atoms with E-state index in [0.29, 0.717) is 6.04 Å². The summed E-state index contributed by atoms with van der Waals surface area (Å²) in [4.78, 5) is 4.53. The SMILES string of the molecule is CCC(C)CC(C)N=C(N)C(C)(C)C. The van der Waals surface area contributed by atoms with Gasteiger partial charge in [-0.2, -0.15) is 0 Å². The molecule has 0 saturated carbocycles. The van der Waals surface area contributed by atoms with Crippen LogP contribution in [-0.4, -0.2) is 11.9 Å². The van der Waals surface area contributed by atoms with E-state index in [-0.39, 0.29) is 5.41 Å². The lowest BCUT2D eigenvalue weighted by Gasteiger charge is -2.20. The first kappa shape index (κ1) is 13.5.